The highest BCUT2D eigenvalue weighted by Gasteiger charge is 2.17. The maximum absolute atomic E-state index is 14.6. The van der Waals surface area contributed by atoms with Gasteiger partial charge in [-0.15, -0.1) is 0 Å². The normalized spacial score (nSPS) is 11.9. The molecule has 1 aromatic carbocycles. The Balaban J connectivity index is 1.38. The second-order valence-electron chi connectivity index (χ2n) is 10.9. The zero-order valence-corrected chi connectivity index (χ0v) is 24.5. The molecule has 0 aliphatic carbocycles. The van der Waals surface area contributed by atoms with E-state index in [1.807, 2.05) is 32.0 Å². The van der Waals surface area contributed by atoms with Crippen LogP contribution in [0.15, 0.2) is 67.4 Å². The number of carbonyl (C=O) groups excluding carboxylic acids is 1. The number of benzene rings is 1. The molecule has 0 aliphatic heterocycles. The smallest absolute Gasteiger partial charge is 0.226 e. The van der Waals surface area contributed by atoms with Crippen LogP contribution in [0.4, 0.5) is 10.1 Å². The maximum atomic E-state index is 14.6. The van der Waals surface area contributed by atoms with Gasteiger partial charge < -0.3 is 10.3 Å². The number of nitrogens with zero attached hydrogens (tertiary/aromatic N) is 4. The molecule has 0 aliphatic rings. The number of hydrogen-bond donors (Lipinski definition) is 3. The van der Waals surface area contributed by atoms with Gasteiger partial charge in [0.05, 0.1) is 52.5 Å². The van der Waals surface area contributed by atoms with E-state index in [1.165, 1.54) is 12.1 Å². The highest BCUT2D eigenvalue weighted by atomic mass is 32.2. The minimum atomic E-state index is -3.19. The molecule has 6 aromatic rings. The average Bonchev–Trinajstić information content (AvgIpc) is 3.59. The highest BCUT2D eigenvalue weighted by Crippen LogP contribution is 2.35. The number of fused-ring (bicyclic) bond motifs is 2. The van der Waals surface area contributed by atoms with Crippen molar-refractivity contribution in [3.05, 3.63) is 78.8 Å². The van der Waals surface area contributed by atoms with Gasteiger partial charge in [-0.25, -0.2) is 12.8 Å². The number of aromatic amines is 2. The largest absolute Gasteiger partial charge is 0.352 e. The lowest BCUT2D eigenvalue weighted by atomic mass is 10.0. The fraction of sp³-hybridized carbons (Fsp3) is 0.194. The molecule has 6 rings (SSSR count). The molecule has 0 saturated carbocycles. The van der Waals surface area contributed by atoms with Gasteiger partial charge in [-0.05, 0) is 47.9 Å². The molecule has 218 valence electrons. The van der Waals surface area contributed by atoms with Gasteiger partial charge in [0.2, 0.25) is 5.91 Å². The molecule has 10 nitrogen and oxygen atoms in total. The van der Waals surface area contributed by atoms with Crippen LogP contribution >= 0.6 is 0 Å². The first-order valence-electron chi connectivity index (χ1n) is 13.6. The average molecular weight is 598 g/mol. The lowest BCUT2D eigenvalue weighted by Gasteiger charge is -2.08. The maximum Gasteiger partial charge on any atom is 0.226 e. The van der Waals surface area contributed by atoms with Crippen molar-refractivity contribution in [2.24, 2.45) is 5.92 Å². The van der Waals surface area contributed by atoms with E-state index in [0.29, 0.717) is 33.8 Å². The third kappa shape index (κ3) is 6.00. The van der Waals surface area contributed by atoms with E-state index in [4.69, 9.17) is 0 Å². The van der Waals surface area contributed by atoms with E-state index in [1.54, 1.807) is 37.1 Å². The Hall–Kier alpha value is -4.97. The van der Waals surface area contributed by atoms with E-state index in [9.17, 15) is 17.6 Å². The summed E-state index contributed by atoms with van der Waals surface area (Å²) in [5.74, 6) is -0.783. The molecule has 0 spiro atoms. The van der Waals surface area contributed by atoms with Gasteiger partial charge in [0.1, 0.15) is 21.3 Å². The Bertz CT molecular complexity index is 2120. The third-order valence-electron chi connectivity index (χ3n) is 7.10. The number of aromatic nitrogens is 6. The van der Waals surface area contributed by atoms with Crippen LogP contribution in [0.3, 0.4) is 0 Å². The van der Waals surface area contributed by atoms with Crippen molar-refractivity contribution in [1.82, 2.24) is 30.1 Å². The first kappa shape index (κ1) is 28.2. The molecule has 0 atom stereocenters. The number of hydrogen-bond acceptors (Lipinski definition) is 7. The first-order valence-corrected chi connectivity index (χ1v) is 15.7. The Labute approximate surface area is 246 Å². The van der Waals surface area contributed by atoms with E-state index in [2.05, 4.69) is 35.5 Å². The van der Waals surface area contributed by atoms with E-state index in [0.717, 1.165) is 39.3 Å². The predicted octanol–water partition coefficient (Wildman–Crippen LogP) is 5.55. The Morgan fingerprint density at radius 1 is 0.930 bits per heavy atom. The lowest BCUT2D eigenvalue weighted by Crippen LogP contribution is -2.17. The number of H-pyrrole nitrogens is 2. The summed E-state index contributed by atoms with van der Waals surface area (Å²) in [5, 5.41) is 12.1. The standard InChI is InChI=1S/C31H28FN7O3S/c1-17(2)31(40)36-22-9-20(12-33-13-22)26-11-24-29(16-35-26)38-39-30(24)27-10-23-25(14-34-15-28(23)37-27)19-6-18(7-21(32)8-19)4-5-43(3,41)42/h6-17,37H,4-5H2,1-3H3,(H,36,40)(H,38,39). The summed E-state index contributed by atoms with van der Waals surface area (Å²) in [6, 6.07) is 10.2. The van der Waals surface area contributed by atoms with E-state index < -0.39 is 15.7 Å². The minimum Gasteiger partial charge on any atom is -0.352 e. The molecule has 1 amide bonds. The van der Waals surface area contributed by atoms with Crippen molar-refractivity contribution in [2.45, 2.75) is 20.3 Å². The Kier molecular flexibility index (Phi) is 7.22. The van der Waals surface area contributed by atoms with Crippen LogP contribution in [-0.4, -0.2) is 56.5 Å². The van der Waals surface area contributed by atoms with Gasteiger partial charge in [-0.2, -0.15) is 5.10 Å². The number of halogens is 1. The number of rotatable bonds is 8. The number of aryl methyl sites for hydroxylation is 1. The number of sulfone groups is 1. The molecule has 5 aromatic heterocycles. The molecule has 5 heterocycles. The topological polar surface area (TPSA) is 146 Å². The first-order chi connectivity index (χ1) is 20.5. The minimum absolute atomic E-state index is 0.0668. The number of amides is 1. The van der Waals surface area contributed by atoms with Crippen molar-refractivity contribution in [1.29, 1.82) is 0 Å². The van der Waals surface area contributed by atoms with Gasteiger partial charge in [0, 0.05) is 46.5 Å². The summed E-state index contributed by atoms with van der Waals surface area (Å²) in [7, 11) is -3.19. The second kappa shape index (κ2) is 11.0. The zero-order chi connectivity index (χ0) is 30.3. The Morgan fingerprint density at radius 3 is 2.53 bits per heavy atom. The van der Waals surface area contributed by atoms with Gasteiger partial charge >= 0.3 is 0 Å². The van der Waals surface area contributed by atoms with Crippen molar-refractivity contribution in [3.8, 4) is 33.8 Å². The van der Waals surface area contributed by atoms with Crippen LogP contribution in [0.5, 0.6) is 0 Å². The van der Waals surface area contributed by atoms with Crippen LogP contribution in [0.1, 0.15) is 19.4 Å². The molecular formula is C31H28FN7O3S. The highest BCUT2D eigenvalue weighted by molar-refractivity contribution is 7.90. The van der Waals surface area contributed by atoms with Gasteiger partial charge in [0.15, 0.2) is 0 Å². The van der Waals surface area contributed by atoms with Crippen LogP contribution in [-0.2, 0) is 21.1 Å². The summed E-state index contributed by atoms with van der Waals surface area (Å²) >= 11 is 0. The van der Waals surface area contributed by atoms with Crippen LogP contribution < -0.4 is 5.32 Å². The Morgan fingerprint density at radius 2 is 1.74 bits per heavy atom. The summed E-state index contributed by atoms with van der Waals surface area (Å²) in [4.78, 5) is 28.8. The van der Waals surface area contributed by atoms with Crippen LogP contribution in [0, 0.1) is 11.7 Å². The number of anilines is 1. The monoisotopic (exact) mass is 597 g/mol. The lowest BCUT2D eigenvalue weighted by molar-refractivity contribution is -0.118. The molecule has 12 heteroatoms. The number of carbonyl (C=O) groups is 1. The molecule has 0 unspecified atom stereocenters. The predicted molar refractivity (Wildman–Crippen MR) is 164 cm³/mol. The summed E-state index contributed by atoms with van der Waals surface area (Å²) in [6.45, 7) is 3.64. The molecule has 0 bridgehead atoms. The van der Waals surface area contributed by atoms with E-state index in [-0.39, 0.29) is 24.0 Å². The summed E-state index contributed by atoms with van der Waals surface area (Å²) in [6.07, 6.45) is 9.70. The molecular weight excluding hydrogens is 569 g/mol. The molecule has 0 fully saturated rings. The van der Waals surface area contributed by atoms with E-state index >= 15 is 0 Å². The fourth-order valence-electron chi connectivity index (χ4n) is 4.88. The number of nitrogens with one attached hydrogen (secondary N) is 3. The molecule has 3 N–H and O–H groups in total. The van der Waals surface area contributed by atoms with Crippen molar-refractivity contribution >= 4 is 43.2 Å². The summed E-state index contributed by atoms with van der Waals surface area (Å²) < 4.78 is 37.9. The number of pyridine rings is 3. The van der Waals surface area contributed by atoms with Gasteiger partial charge in [0.25, 0.3) is 0 Å². The molecule has 43 heavy (non-hydrogen) atoms. The SMILES string of the molecule is CC(C)C(=O)Nc1cncc(-c2cc3c(-c4cc5c(-c6cc(F)cc(CCS(C)(=O)=O)c6)cncc5[nH]4)n[nH]c3cn2)c1. The van der Waals surface area contributed by atoms with Gasteiger partial charge in [-0.3, -0.25) is 24.8 Å². The van der Waals surface area contributed by atoms with Crippen molar-refractivity contribution in [2.75, 3.05) is 17.3 Å². The van der Waals surface area contributed by atoms with Crippen molar-refractivity contribution < 1.29 is 17.6 Å². The third-order valence-corrected chi connectivity index (χ3v) is 8.05. The quantitative estimate of drug-likeness (QED) is 0.208. The van der Waals surface area contributed by atoms with Crippen LogP contribution in [0.25, 0.3) is 55.6 Å². The zero-order valence-electron chi connectivity index (χ0n) is 23.6. The van der Waals surface area contributed by atoms with Crippen molar-refractivity contribution in [3.63, 3.8) is 0 Å². The second-order valence-corrected chi connectivity index (χ2v) is 13.1. The van der Waals surface area contributed by atoms with Gasteiger partial charge in [-0.1, -0.05) is 19.9 Å². The summed E-state index contributed by atoms with van der Waals surface area (Å²) in [5.41, 5.74) is 6.71. The molecule has 0 radical (unpaired) electrons. The van der Waals surface area contributed by atoms with Crippen LogP contribution in [0.2, 0.25) is 0 Å². The molecule has 0 saturated heterocycles. The fourth-order valence-corrected chi connectivity index (χ4v) is 5.48.